The van der Waals surface area contributed by atoms with Gasteiger partial charge in [0, 0.05) is 30.3 Å². The second-order valence-electron chi connectivity index (χ2n) is 7.62. The third-order valence-electron chi connectivity index (χ3n) is 5.36. The van der Waals surface area contributed by atoms with Crippen LogP contribution in [0.25, 0.3) is 0 Å². The molecule has 7 heteroatoms. The van der Waals surface area contributed by atoms with Gasteiger partial charge in [-0.15, -0.1) is 0 Å². The maximum Gasteiger partial charge on any atom is 0.257 e. The van der Waals surface area contributed by atoms with Gasteiger partial charge in [0.15, 0.2) is 5.75 Å². The second-order valence-corrected chi connectivity index (χ2v) is 7.62. The van der Waals surface area contributed by atoms with Crippen molar-refractivity contribution in [3.63, 3.8) is 0 Å². The molecule has 0 bridgehead atoms. The number of hydrogen-bond acceptors (Lipinski definition) is 7. The summed E-state index contributed by atoms with van der Waals surface area (Å²) in [7, 11) is 0. The van der Waals surface area contributed by atoms with Gasteiger partial charge in [-0.05, 0) is 52.3 Å². The van der Waals surface area contributed by atoms with Crippen LogP contribution in [-0.4, -0.2) is 52.8 Å². The average Bonchev–Trinajstić information content (AvgIpc) is 2.71. The molecule has 2 aliphatic rings. The van der Waals surface area contributed by atoms with Crippen molar-refractivity contribution in [3.8, 4) is 17.5 Å². The van der Waals surface area contributed by atoms with E-state index in [-0.39, 0.29) is 6.04 Å². The van der Waals surface area contributed by atoms with Crippen LogP contribution in [0.15, 0.2) is 18.2 Å². The largest absolute Gasteiger partial charge is 0.484 e. The molecule has 0 unspecified atom stereocenters. The summed E-state index contributed by atoms with van der Waals surface area (Å²) in [6.07, 6.45) is 2.32. The van der Waals surface area contributed by atoms with Crippen LogP contribution in [0.4, 0.5) is 0 Å². The SMILES string of the molecule is Cc1cc(OC[C@H]2CCCN([C@H](C)c3ccc4c(n3)OCCO4)C2)nc(C)n1. The van der Waals surface area contributed by atoms with E-state index in [4.69, 9.17) is 14.2 Å². The van der Waals surface area contributed by atoms with Crippen LogP contribution >= 0.6 is 0 Å². The van der Waals surface area contributed by atoms with E-state index < -0.39 is 0 Å². The molecule has 2 aliphatic heterocycles. The molecule has 2 atom stereocenters. The van der Waals surface area contributed by atoms with Gasteiger partial charge in [0.25, 0.3) is 5.88 Å². The lowest BCUT2D eigenvalue weighted by Crippen LogP contribution is -2.39. The van der Waals surface area contributed by atoms with Gasteiger partial charge in [0.05, 0.1) is 12.3 Å². The fourth-order valence-electron chi connectivity index (χ4n) is 3.91. The van der Waals surface area contributed by atoms with Crippen LogP contribution < -0.4 is 14.2 Å². The standard InChI is InChI=1S/C21H28N4O3/c1-14-11-20(23-16(3)22-14)28-13-17-5-4-8-25(12-17)15(2)18-6-7-19-21(24-18)27-10-9-26-19/h6-7,11,15,17H,4-5,8-10,12-13H2,1-3H3/t15-,17+/m1/s1. The molecule has 4 heterocycles. The van der Waals surface area contributed by atoms with Gasteiger partial charge >= 0.3 is 0 Å². The first-order valence-electron chi connectivity index (χ1n) is 10.0. The summed E-state index contributed by atoms with van der Waals surface area (Å²) in [5.74, 6) is 3.25. The van der Waals surface area contributed by atoms with Crippen LogP contribution in [0.5, 0.6) is 17.5 Å². The van der Waals surface area contributed by atoms with Gasteiger partial charge in [0.2, 0.25) is 5.88 Å². The summed E-state index contributed by atoms with van der Waals surface area (Å²) in [6, 6.07) is 6.14. The van der Waals surface area contributed by atoms with Crippen LogP contribution in [0.1, 0.15) is 43.0 Å². The Bertz CT molecular complexity index is 809. The molecule has 7 nitrogen and oxygen atoms in total. The molecule has 1 fully saturated rings. The fourth-order valence-corrected chi connectivity index (χ4v) is 3.91. The van der Waals surface area contributed by atoms with E-state index >= 15 is 0 Å². The molecular formula is C21H28N4O3. The van der Waals surface area contributed by atoms with Gasteiger partial charge < -0.3 is 14.2 Å². The highest BCUT2D eigenvalue weighted by Crippen LogP contribution is 2.32. The first-order chi connectivity index (χ1) is 13.6. The first kappa shape index (κ1) is 18.9. The van der Waals surface area contributed by atoms with E-state index in [2.05, 4.69) is 26.8 Å². The first-order valence-corrected chi connectivity index (χ1v) is 10.0. The van der Waals surface area contributed by atoms with Crippen molar-refractivity contribution in [2.24, 2.45) is 5.92 Å². The topological polar surface area (TPSA) is 69.6 Å². The molecular weight excluding hydrogens is 356 g/mol. The lowest BCUT2D eigenvalue weighted by molar-refractivity contribution is 0.0966. The van der Waals surface area contributed by atoms with E-state index in [1.807, 2.05) is 32.0 Å². The Morgan fingerprint density at radius 3 is 2.89 bits per heavy atom. The molecule has 0 saturated carbocycles. The van der Waals surface area contributed by atoms with E-state index in [9.17, 15) is 0 Å². The molecule has 0 spiro atoms. The van der Waals surface area contributed by atoms with Gasteiger partial charge in [-0.1, -0.05) is 0 Å². The van der Waals surface area contributed by atoms with Crippen LogP contribution in [0.3, 0.4) is 0 Å². The highest BCUT2D eigenvalue weighted by Gasteiger charge is 2.26. The molecule has 2 aromatic rings. The Balaban J connectivity index is 1.37. The predicted molar refractivity (Wildman–Crippen MR) is 105 cm³/mol. The minimum absolute atomic E-state index is 0.224. The van der Waals surface area contributed by atoms with E-state index in [1.54, 1.807) is 0 Å². The van der Waals surface area contributed by atoms with Crippen molar-refractivity contribution in [2.75, 3.05) is 32.9 Å². The van der Waals surface area contributed by atoms with E-state index in [0.717, 1.165) is 42.5 Å². The molecule has 0 N–H and O–H groups in total. The van der Waals surface area contributed by atoms with Crippen molar-refractivity contribution in [1.29, 1.82) is 0 Å². The highest BCUT2D eigenvalue weighted by atomic mass is 16.6. The quantitative estimate of drug-likeness (QED) is 0.784. The van der Waals surface area contributed by atoms with Crippen LogP contribution in [0, 0.1) is 19.8 Å². The lowest BCUT2D eigenvalue weighted by atomic mass is 9.97. The molecule has 0 aliphatic carbocycles. The number of rotatable bonds is 5. The van der Waals surface area contributed by atoms with Gasteiger partial charge in [-0.2, -0.15) is 4.98 Å². The Morgan fingerprint density at radius 1 is 1.18 bits per heavy atom. The molecule has 2 aromatic heterocycles. The number of hydrogen-bond donors (Lipinski definition) is 0. The van der Waals surface area contributed by atoms with Crippen molar-refractivity contribution in [3.05, 3.63) is 35.4 Å². The number of ether oxygens (including phenoxy) is 3. The molecule has 150 valence electrons. The summed E-state index contributed by atoms with van der Waals surface area (Å²) < 4.78 is 17.2. The fraction of sp³-hybridized carbons (Fsp3) is 0.571. The Morgan fingerprint density at radius 2 is 2.04 bits per heavy atom. The Hall–Kier alpha value is -2.41. The monoisotopic (exact) mass is 384 g/mol. The van der Waals surface area contributed by atoms with Crippen LogP contribution in [-0.2, 0) is 0 Å². The third-order valence-corrected chi connectivity index (χ3v) is 5.36. The summed E-state index contributed by atoms with van der Waals surface area (Å²) in [5, 5.41) is 0. The zero-order chi connectivity index (χ0) is 19.5. The number of fused-ring (bicyclic) bond motifs is 1. The summed E-state index contributed by atoms with van der Waals surface area (Å²) in [5.41, 5.74) is 1.96. The van der Waals surface area contributed by atoms with Crippen molar-refractivity contribution < 1.29 is 14.2 Å². The van der Waals surface area contributed by atoms with Gasteiger partial charge in [0.1, 0.15) is 19.0 Å². The maximum absolute atomic E-state index is 5.99. The zero-order valence-corrected chi connectivity index (χ0v) is 16.9. The van der Waals surface area contributed by atoms with Crippen molar-refractivity contribution in [2.45, 2.75) is 39.7 Å². The second kappa shape index (κ2) is 8.31. The number of aryl methyl sites for hydroxylation is 2. The number of pyridine rings is 1. The minimum Gasteiger partial charge on any atom is -0.484 e. The lowest BCUT2D eigenvalue weighted by Gasteiger charge is -2.36. The normalized spacial score (nSPS) is 20.6. The zero-order valence-electron chi connectivity index (χ0n) is 16.9. The Labute approximate surface area is 166 Å². The molecule has 4 rings (SSSR count). The smallest absolute Gasteiger partial charge is 0.257 e. The number of aromatic nitrogens is 3. The predicted octanol–water partition coefficient (Wildman–Crippen LogP) is 3.11. The summed E-state index contributed by atoms with van der Waals surface area (Å²) >= 11 is 0. The molecule has 1 saturated heterocycles. The highest BCUT2D eigenvalue weighted by molar-refractivity contribution is 5.36. The van der Waals surface area contributed by atoms with Crippen molar-refractivity contribution in [1.82, 2.24) is 19.9 Å². The van der Waals surface area contributed by atoms with E-state index in [0.29, 0.717) is 37.5 Å². The van der Waals surface area contributed by atoms with Gasteiger partial charge in [-0.3, -0.25) is 4.90 Å². The Kier molecular flexibility index (Phi) is 5.62. The van der Waals surface area contributed by atoms with Gasteiger partial charge in [-0.25, -0.2) is 9.97 Å². The number of piperidine rings is 1. The third kappa shape index (κ3) is 4.35. The minimum atomic E-state index is 0.224. The van der Waals surface area contributed by atoms with E-state index in [1.165, 1.54) is 6.42 Å². The van der Waals surface area contributed by atoms with Crippen molar-refractivity contribution >= 4 is 0 Å². The maximum atomic E-state index is 5.99. The molecule has 0 radical (unpaired) electrons. The summed E-state index contributed by atoms with van der Waals surface area (Å²) in [6.45, 7) is 9.94. The number of nitrogens with zero attached hydrogens (tertiary/aromatic N) is 4. The molecule has 28 heavy (non-hydrogen) atoms. The summed E-state index contributed by atoms with van der Waals surface area (Å²) in [4.78, 5) is 15.8. The molecule has 0 aromatic carbocycles. The molecule has 0 amide bonds. The van der Waals surface area contributed by atoms with Crippen LogP contribution in [0.2, 0.25) is 0 Å². The average molecular weight is 384 g/mol. The number of likely N-dealkylation sites (tertiary alicyclic amines) is 1.